The summed E-state index contributed by atoms with van der Waals surface area (Å²) in [5, 5.41) is 7.89. The number of nitrogens with one attached hydrogen (secondary N) is 1. The van der Waals surface area contributed by atoms with Crippen LogP contribution in [0.4, 0.5) is 0 Å². The van der Waals surface area contributed by atoms with Gasteiger partial charge in [0, 0.05) is 21.4 Å². The first-order valence-electron chi connectivity index (χ1n) is 8.09. The van der Waals surface area contributed by atoms with Crippen molar-refractivity contribution in [2.24, 2.45) is 0 Å². The van der Waals surface area contributed by atoms with Gasteiger partial charge in [-0.3, -0.25) is 4.79 Å². The lowest BCUT2D eigenvalue weighted by atomic mass is 10.1. The van der Waals surface area contributed by atoms with Crippen molar-refractivity contribution >= 4 is 28.3 Å². The minimum Gasteiger partial charge on any atom is -0.341 e. The molecule has 6 heteroatoms. The second-order valence-corrected chi connectivity index (χ2v) is 7.65. The second-order valence-electron chi connectivity index (χ2n) is 6.19. The number of nitrogens with zero attached hydrogens (tertiary/aromatic N) is 3. The first-order chi connectivity index (χ1) is 11.9. The fourth-order valence-corrected chi connectivity index (χ4v) is 3.77. The van der Waals surface area contributed by atoms with Crippen LogP contribution in [0.15, 0.2) is 18.3 Å². The maximum absolute atomic E-state index is 12.6. The Morgan fingerprint density at radius 1 is 1.40 bits per heavy atom. The van der Waals surface area contributed by atoms with Crippen molar-refractivity contribution in [1.82, 2.24) is 20.1 Å². The molecule has 0 bridgehead atoms. The molecule has 3 rings (SSSR count). The van der Waals surface area contributed by atoms with Crippen molar-refractivity contribution in [2.75, 3.05) is 6.54 Å². The smallest absolute Gasteiger partial charge is 0.252 e. The molecule has 1 amide bonds. The first kappa shape index (κ1) is 17.2. The van der Waals surface area contributed by atoms with Crippen molar-refractivity contribution in [3.05, 3.63) is 33.6 Å². The predicted molar refractivity (Wildman–Crippen MR) is 102 cm³/mol. The highest BCUT2D eigenvalue weighted by molar-refractivity contribution is 7.12. The average molecular weight is 352 g/mol. The quantitative estimate of drug-likeness (QED) is 0.728. The summed E-state index contributed by atoms with van der Waals surface area (Å²) in [5.74, 6) is 2.22. The third-order valence-electron chi connectivity index (χ3n) is 3.97. The van der Waals surface area contributed by atoms with Gasteiger partial charge in [0.2, 0.25) is 0 Å². The fraction of sp³-hybridized carbons (Fsp3) is 0.316. The van der Waals surface area contributed by atoms with E-state index in [-0.39, 0.29) is 18.5 Å². The number of hydrogen-bond donors (Lipinski definition) is 1. The van der Waals surface area contributed by atoms with E-state index in [4.69, 9.17) is 11.4 Å². The van der Waals surface area contributed by atoms with E-state index in [1.165, 1.54) is 9.75 Å². The summed E-state index contributed by atoms with van der Waals surface area (Å²) in [6.07, 6.45) is 6.96. The maximum Gasteiger partial charge on any atom is 0.252 e. The highest BCUT2D eigenvalue weighted by Crippen LogP contribution is 2.32. The van der Waals surface area contributed by atoms with Gasteiger partial charge in [-0.25, -0.2) is 9.67 Å². The summed E-state index contributed by atoms with van der Waals surface area (Å²) in [4.78, 5) is 19.8. The molecule has 128 valence electrons. The Kier molecular flexibility index (Phi) is 4.60. The lowest BCUT2D eigenvalue weighted by molar-refractivity contribution is 0.0960. The third kappa shape index (κ3) is 3.15. The van der Waals surface area contributed by atoms with Crippen LogP contribution in [0.3, 0.4) is 0 Å². The van der Waals surface area contributed by atoms with Gasteiger partial charge in [-0.1, -0.05) is 5.92 Å². The Morgan fingerprint density at radius 2 is 2.16 bits per heavy atom. The van der Waals surface area contributed by atoms with E-state index in [0.29, 0.717) is 11.2 Å². The number of pyridine rings is 1. The number of thiophene rings is 1. The van der Waals surface area contributed by atoms with Gasteiger partial charge in [0.15, 0.2) is 5.65 Å². The normalized spacial score (nSPS) is 11.0. The number of hydrogen-bond acceptors (Lipinski definition) is 4. The van der Waals surface area contributed by atoms with E-state index in [0.717, 1.165) is 16.6 Å². The summed E-state index contributed by atoms with van der Waals surface area (Å²) in [6, 6.07) is 4.08. The van der Waals surface area contributed by atoms with E-state index in [2.05, 4.69) is 36.2 Å². The molecule has 0 radical (unpaired) electrons. The number of carbonyl (C=O) groups excluding carboxylic acids is 1. The van der Waals surface area contributed by atoms with Crippen LogP contribution in [0.2, 0.25) is 0 Å². The number of carbonyl (C=O) groups is 1. The van der Waals surface area contributed by atoms with Crippen molar-refractivity contribution < 1.29 is 4.79 Å². The molecule has 0 saturated carbocycles. The van der Waals surface area contributed by atoms with E-state index < -0.39 is 0 Å². The first-order valence-corrected chi connectivity index (χ1v) is 8.91. The van der Waals surface area contributed by atoms with Crippen LogP contribution in [0.25, 0.3) is 22.3 Å². The summed E-state index contributed by atoms with van der Waals surface area (Å²) in [6.45, 7) is 8.40. The molecule has 5 nitrogen and oxygen atoms in total. The summed E-state index contributed by atoms with van der Waals surface area (Å²) >= 11 is 1.72. The second kappa shape index (κ2) is 6.69. The van der Waals surface area contributed by atoms with Crippen LogP contribution < -0.4 is 5.32 Å². The summed E-state index contributed by atoms with van der Waals surface area (Å²) in [5.41, 5.74) is 3.08. The predicted octanol–water partition coefficient (Wildman–Crippen LogP) is 3.72. The SMILES string of the molecule is C#CCNC(=O)c1cc(-c2cc(C)sc2C)nc2c1cnn2C(C)C. The van der Waals surface area contributed by atoms with Crippen LogP contribution in [-0.4, -0.2) is 27.2 Å². The standard InChI is InChI=1S/C19H20N4OS/c1-6-7-20-19(24)15-9-17(14-8-12(4)25-13(14)5)22-18-16(15)10-21-23(18)11(2)3/h1,8-11H,7H2,2-5H3,(H,20,24). The Morgan fingerprint density at radius 3 is 2.76 bits per heavy atom. The molecule has 0 aromatic carbocycles. The van der Waals surface area contributed by atoms with Gasteiger partial charge >= 0.3 is 0 Å². The van der Waals surface area contributed by atoms with E-state index >= 15 is 0 Å². The molecule has 1 N–H and O–H groups in total. The van der Waals surface area contributed by atoms with Gasteiger partial charge in [0.25, 0.3) is 5.91 Å². The van der Waals surface area contributed by atoms with Gasteiger partial charge in [-0.2, -0.15) is 5.10 Å². The van der Waals surface area contributed by atoms with Crippen molar-refractivity contribution in [3.8, 4) is 23.6 Å². The molecule has 0 atom stereocenters. The van der Waals surface area contributed by atoms with Crippen LogP contribution in [0.1, 0.15) is 40.0 Å². The Hall–Kier alpha value is -2.65. The average Bonchev–Trinajstić information content (AvgIpc) is 3.14. The summed E-state index contributed by atoms with van der Waals surface area (Å²) in [7, 11) is 0. The molecule has 0 aliphatic rings. The zero-order valence-electron chi connectivity index (χ0n) is 14.8. The molecule has 0 spiro atoms. The Balaban J connectivity index is 2.25. The van der Waals surface area contributed by atoms with Crippen molar-refractivity contribution in [3.63, 3.8) is 0 Å². The third-order valence-corrected chi connectivity index (χ3v) is 4.93. The van der Waals surface area contributed by atoms with Crippen LogP contribution in [0.5, 0.6) is 0 Å². The highest BCUT2D eigenvalue weighted by atomic mass is 32.1. The van der Waals surface area contributed by atoms with Gasteiger partial charge in [0.1, 0.15) is 0 Å². The van der Waals surface area contributed by atoms with Gasteiger partial charge < -0.3 is 5.32 Å². The Bertz CT molecular complexity index is 991. The largest absolute Gasteiger partial charge is 0.341 e. The molecule has 0 aliphatic carbocycles. The van der Waals surface area contributed by atoms with Crippen molar-refractivity contribution in [2.45, 2.75) is 33.7 Å². The molecule has 3 heterocycles. The van der Waals surface area contributed by atoms with Gasteiger partial charge in [-0.05, 0) is 39.8 Å². The zero-order valence-corrected chi connectivity index (χ0v) is 15.6. The number of rotatable bonds is 4. The van der Waals surface area contributed by atoms with Crippen LogP contribution >= 0.6 is 11.3 Å². The van der Waals surface area contributed by atoms with Gasteiger partial charge in [0.05, 0.1) is 29.4 Å². The lowest BCUT2D eigenvalue weighted by Gasteiger charge is -2.10. The molecular weight excluding hydrogens is 332 g/mol. The monoisotopic (exact) mass is 352 g/mol. The Labute approximate surface area is 151 Å². The van der Waals surface area contributed by atoms with Crippen LogP contribution in [0, 0.1) is 26.2 Å². The zero-order chi connectivity index (χ0) is 18.1. The topological polar surface area (TPSA) is 59.8 Å². The minimum atomic E-state index is -0.209. The van der Waals surface area contributed by atoms with Crippen LogP contribution in [-0.2, 0) is 0 Å². The highest BCUT2D eigenvalue weighted by Gasteiger charge is 2.19. The molecule has 3 aromatic heterocycles. The minimum absolute atomic E-state index is 0.146. The van der Waals surface area contributed by atoms with Gasteiger partial charge in [-0.15, -0.1) is 17.8 Å². The molecule has 0 aliphatic heterocycles. The molecule has 3 aromatic rings. The van der Waals surface area contributed by atoms with E-state index in [9.17, 15) is 4.79 Å². The number of fused-ring (bicyclic) bond motifs is 1. The van der Waals surface area contributed by atoms with Crippen molar-refractivity contribution in [1.29, 1.82) is 0 Å². The summed E-state index contributed by atoms with van der Waals surface area (Å²) < 4.78 is 1.84. The van der Waals surface area contributed by atoms with E-state index in [1.54, 1.807) is 17.5 Å². The molecule has 0 saturated heterocycles. The number of aromatic nitrogens is 3. The number of amides is 1. The molecule has 25 heavy (non-hydrogen) atoms. The van der Waals surface area contributed by atoms with E-state index in [1.807, 2.05) is 24.6 Å². The molecule has 0 fully saturated rings. The number of terminal acetylenes is 1. The maximum atomic E-state index is 12.6. The lowest BCUT2D eigenvalue weighted by Crippen LogP contribution is -2.24. The molecule has 0 unspecified atom stereocenters. The fourth-order valence-electron chi connectivity index (χ4n) is 2.83. The molecular formula is C19H20N4OS. The number of aryl methyl sites for hydroxylation is 2.